The molecule has 1 aliphatic rings. The standard InChI is InChI=1S/C18H14FNO4S/c19-12-5-7-13(8-6-12)25-10-9-16(21)24-11-20-17(22)14-3-1-2-4-15(14)18(20)23/h1-8H,9-11H2. The van der Waals surface area contributed by atoms with E-state index in [0.29, 0.717) is 16.9 Å². The number of thioether (sulfide) groups is 1. The minimum atomic E-state index is -0.508. The first-order valence-electron chi connectivity index (χ1n) is 7.55. The Morgan fingerprint density at radius 2 is 1.60 bits per heavy atom. The predicted octanol–water partition coefficient (Wildman–Crippen LogP) is 3.10. The van der Waals surface area contributed by atoms with Gasteiger partial charge in [0.2, 0.25) is 0 Å². The van der Waals surface area contributed by atoms with Crippen molar-refractivity contribution in [3.05, 3.63) is 65.5 Å². The monoisotopic (exact) mass is 359 g/mol. The summed E-state index contributed by atoms with van der Waals surface area (Å²) < 4.78 is 17.8. The molecule has 0 N–H and O–H groups in total. The summed E-state index contributed by atoms with van der Waals surface area (Å²) in [5.41, 5.74) is 0.630. The Morgan fingerprint density at radius 1 is 1.00 bits per heavy atom. The maximum absolute atomic E-state index is 12.8. The van der Waals surface area contributed by atoms with E-state index in [2.05, 4.69) is 0 Å². The number of amides is 2. The van der Waals surface area contributed by atoms with Crippen molar-refractivity contribution in [2.24, 2.45) is 0 Å². The minimum Gasteiger partial charge on any atom is -0.444 e. The smallest absolute Gasteiger partial charge is 0.308 e. The van der Waals surface area contributed by atoms with Crippen LogP contribution < -0.4 is 0 Å². The van der Waals surface area contributed by atoms with Crippen molar-refractivity contribution in [3.63, 3.8) is 0 Å². The molecule has 2 amide bonds. The fourth-order valence-electron chi connectivity index (χ4n) is 2.35. The van der Waals surface area contributed by atoms with E-state index < -0.39 is 24.5 Å². The van der Waals surface area contributed by atoms with Gasteiger partial charge in [-0.15, -0.1) is 11.8 Å². The summed E-state index contributed by atoms with van der Waals surface area (Å²) in [6, 6.07) is 12.4. The highest BCUT2D eigenvalue weighted by atomic mass is 32.2. The SMILES string of the molecule is O=C(CCSc1ccc(F)cc1)OCN1C(=O)c2ccccc2C1=O. The molecule has 2 aromatic carbocycles. The summed E-state index contributed by atoms with van der Waals surface area (Å²) in [6.07, 6.45) is 0.116. The average molecular weight is 359 g/mol. The van der Waals surface area contributed by atoms with E-state index in [1.807, 2.05) is 0 Å². The van der Waals surface area contributed by atoms with Gasteiger partial charge < -0.3 is 4.74 Å². The fraction of sp³-hybridized carbons (Fsp3) is 0.167. The Bertz CT molecular complexity index is 787. The van der Waals surface area contributed by atoms with E-state index >= 15 is 0 Å². The lowest BCUT2D eigenvalue weighted by atomic mass is 10.1. The lowest BCUT2D eigenvalue weighted by molar-refractivity contribution is -0.145. The van der Waals surface area contributed by atoms with Gasteiger partial charge in [0.15, 0.2) is 6.73 Å². The molecule has 0 bridgehead atoms. The zero-order valence-electron chi connectivity index (χ0n) is 13.1. The number of nitrogens with zero attached hydrogens (tertiary/aromatic N) is 1. The summed E-state index contributed by atoms with van der Waals surface area (Å²) in [4.78, 5) is 37.8. The van der Waals surface area contributed by atoms with Crippen molar-refractivity contribution in [3.8, 4) is 0 Å². The van der Waals surface area contributed by atoms with E-state index in [1.54, 1.807) is 36.4 Å². The first-order chi connectivity index (χ1) is 12.1. The number of rotatable bonds is 6. The van der Waals surface area contributed by atoms with Crippen molar-refractivity contribution < 1.29 is 23.5 Å². The maximum atomic E-state index is 12.8. The molecule has 0 aliphatic carbocycles. The summed E-state index contributed by atoms with van der Waals surface area (Å²) in [5, 5.41) is 0. The molecule has 0 spiro atoms. The number of hydrogen-bond donors (Lipinski definition) is 0. The van der Waals surface area contributed by atoms with Crippen molar-refractivity contribution in [2.75, 3.05) is 12.5 Å². The summed E-state index contributed by atoms with van der Waals surface area (Å²) in [5.74, 6) is -1.30. The number of ether oxygens (including phenoxy) is 1. The molecule has 0 radical (unpaired) electrons. The lowest BCUT2D eigenvalue weighted by Gasteiger charge is -2.13. The molecule has 0 saturated heterocycles. The van der Waals surface area contributed by atoms with Crippen molar-refractivity contribution in [1.82, 2.24) is 4.90 Å². The van der Waals surface area contributed by atoms with Crippen molar-refractivity contribution >= 4 is 29.5 Å². The van der Waals surface area contributed by atoms with Gasteiger partial charge in [0.25, 0.3) is 11.8 Å². The van der Waals surface area contributed by atoms with Crippen LogP contribution in [0.2, 0.25) is 0 Å². The molecule has 1 heterocycles. The molecule has 3 rings (SSSR count). The first-order valence-corrected chi connectivity index (χ1v) is 8.54. The number of carbonyl (C=O) groups is 3. The number of benzene rings is 2. The van der Waals surface area contributed by atoms with E-state index in [9.17, 15) is 18.8 Å². The fourth-order valence-corrected chi connectivity index (χ4v) is 3.18. The number of hydrogen-bond acceptors (Lipinski definition) is 5. The quantitative estimate of drug-likeness (QED) is 0.450. The molecule has 1 aliphatic heterocycles. The second kappa shape index (κ2) is 7.48. The predicted molar refractivity (Wildman–Crippen MR) is 89.6 cm³/mol. The van der Waals surface area contributed by atoms with E-state index in [4.69, 9.17) is 4.74 Å². The largest absolute Gasteiger partial charge is 0.444 e. The second-order valence-corrected chi connectivity index (χ2v) is 6.45. The maximum Gasteiger partial charge on any atom is 0.308 e. The summed E-state index contributed by atoms with van der Waals surface area (Å²) in [6.45, 7) is -0.396. The number of esters is 1. The highest BCUT2D eigenvalue weighted by molar-refractivity contribution is 7.99. The second-order valence-electron chi connectivity index (χ2n) is 5.28. The van der Waals surface area contributed by atoms with Crippen LogP contribution in [0.25, 0.3) is 0 Å². The highest BCUT2D eigenvalue weighted by Gasteiger charge is 2.35. The summed E-state index contributed by atoms with van der Waals surface area (Å²) >= 11 is 1.39. The Labute approximate surface area is 147 Å². The first kappa shape index (κ1) is 17.2. The molecule has 7 heteroatoms. The Morgan fingerprint density at radius 3 is 2.20 bits per heavy atom. The van der Waals surface area contributed by atoms with Crippen LogP contribution in [0.5, 0.6) is 0 Å². The molecule has 25 heavy (non-hydrogen) atoms. The topological polar surface area (TPSA) is 63.7 Å². The Balaban J connectivity index is 1.46. The third kappa shape index (κ3) is 3.88. The van der Waals surface area contributed by atoms with Gasteiger partial charge in [0.1, 0.15) is 5.82 Å². The molecule has 2 aromatic rings. The van der Waals surface area contributed by atoms with Crippen LogP contribution in [-0.4, -0.2) is 35.2 Å². The van der Waals surface area contributed by atoms with Crippen molar-refractivity contribution in [1.29, 1.82) is 0 Å². The number of fused-ring (bicyclic) bond motifs is 1. The van der Waals surface area contributed by atoms with Gasteiger partial charge in [-0.25, -0.2) is 9.29 Å². The molecule has 0 unspecified atom stereocenters. The lowest BCUT2D eigenvalue weighted by Crippen LogP contribution is -2.33. The van der Waals surface area contributed by atoms with Crippen LogP contribution >= 0.6 is 11.8 Å². The molecule has 0 aromatic heterocycles. The number of carbonyl (C=O) groups excluding carboxylic acids is 3. The van der Waals surface area contributed by atoms with Crippen LogP contribution in [0.3, 0.4) is 0 Å². The van der Waals surface area contributed by atoms with E-state index in [-0.39, 0.29) is 12.2 Å². The molecular weight excluding hydrogens is 345 g/mol. The zero-order valence-corrected chi connectivity index (χ0v) is 13.9. The van der Waals surface area contributed by atoms with Crippen LogP contribution in [0.15, 0.2) is 53.4 Å². The molecule has 128 valence electrons. The van der Waals surface area contributed by atoms with Crippen LogP contribution in [0.4, 0.5) is 4.39 Å². The van der Waals surface area contributed by atoms with Gasteiger partial charge in [-0.3, -0.25) is 14.4 Å². The van der Waals surface area contributed by atoms with Crippen molar-refractivity contribution in [2.45, 2.75) is 11.3 Å². The Kier molecular flexibility index (Phi) is 5.14. The minimum absolute atomic E-state index is 0.116. The molecule has 0 atom stereocenters. The molecule has 5 nitrogen and oxygen atoms in total. The summed E-state index contributed by atoms with van der Waals surface area (Å²) in [7, 11) is 0. The van der Waals surface area contributed by atoms with E-state index in [0.717, 1.165) is 9.80 Å². The van der Waals surface area contributed by atoms with Gasteiger partial charge in [0, 0.05) is 10.6 Å². The van der Waals surface area contributed by atoms with Crippen LogP contribution in [0, 0.1) is 5.82 Å². The van der Waals surface area contributed by atoms with Crippen LogP contribution in [0.1, 0.15) is 27.1 Å². The number of halogens is 1. The zero-order chi connectivity index (χ0) is 17.8. The third-order valence-electron chi connectivity index (χ3n) is 3.62. The van der Waals surface area contributed by atoms with Gasteiger partial charge in [-0.1, -0.05) is 12.1 Å². The Hall–Kier alpha value is -2.67. The van der Waals surface area contributed by atoms with Gasteiger partial charge in [-0.05, 0) is 36.4 Å². The highest BCUT2D eigenvalue weighted by Crippen LogP contribution is 2.22. The molecular formula is C18H14FNO4S. The third-order valence-corrected chi connectivity index (χ3v) is 4.64. The van der Waals surface area contributed by atoms with Gasteiger partial charge in [-0.2, -0.15) is 0 Å². The molecule has 0 saturated carbocycles. The van der Waals surface area contributed by atoms with Gasteiger partial charge >= 0.3 is 5.97 Å². The molecule has 0 fully saturated rings. The normalized spacial score (nSPS) is 13.1. The van der Waals surface area contributed by atoms with Crippen LogP contribution in [-0.2, 0) is 9.53 Å². The van der Waals surface area contributed by atoms with Gasteiger partial charge in [0.05, 0.1) is 17.5 Å². The average Bonchev–Trinajstić information content (AvgIpc) is 2.86. The number of imide groups is 1. The van der Waals surface area contributed by atoms with E-state index in [1.165, 1.54) is 23.9 Å².